The molecule has 0 aliphatic carbocycles. The highest BCUT2D eigenvalue weighted by Gasteiger charge is 2.34. The zero-order chi connectivity index (χ0) is 21.1. The van der Waals surface area contributed by atoms with Gasteiger partial charge in [-0.15, -0.1) is 0 Å². The van der Waals surface area contributed by atoms with Crippen LogP contribution in [0.15, 0.2) is 48.5 Å². The number of carbonyl (C=O) groups is 2. The number of aryl methyl sites for hydroxylation is 1. The number of piperidine rings is 1. The van der Waals surface area contributed by atoms with E-state index in [2.05, 4.69) is 35.2 Å². The molecule has 2 aromatic carbocycles. The minimum atomic E-state index is -0.363. The van der Waals surface area contributed by atoms with Gasteiger partial charge in [-0.2, -0.15) is 0 Å². The first-order valence-corrected chi connectivity index (χ1v) is 10.4. The molecule has 2 aliphatic heterocycles. The highest BCUT2D eigenvalue weighted by molar-refractivity contribution is 5.94. The first-order chi connectivity index (χ1) is 14.5. The minimum absolute atomic E-state index is 0.0148. The standard InChI is InChI=1S/C23H27FN4O2/c1-15-4-2-3-5-19(15)20-14-21(27-26-20)23(30)28-12-10-18(11-13-28)25-22(29)16-6-8-17(24)9-7-16/h2-9,18,20-21,26-27H,10-14H2,1H3,(H,25,29). The van der Waals surface area contributed by atoms with E-state index in [0.717, 1.165) is 0 Å². The zero-order valence-electron chi connectivity index (χ0n) is 17.0. The van der Waals surface area contributed by atoms with Gasteiger partial charge in [0.15, 0.2) is 0 Å². The maximum absolute atomic E-state index is 13.0. The molecular formula is C23H27FN4O2. The fourth-order valence-corrected chi connectivity index (χ4v) is 4.23. The summed E-state index contributed by atoms with van der Waals surface area (Å²) in [4.78, 5) is 27.1. The largest absolute Gasteiger partial charge is 0.349 e. The fraction of sp³-hybridized carbons (Fsp3) is 0.391. The number of likely N-dealkylation sites (tertiary alicyclic amines) is 1. The summed E-state index contributed by atoms with van der Waals surface area (Å²) in [6.07, 6.45) is 2.13. The molecule has 7 heteroatoms. The molecule has 2 aromatic rings. The molecule has 0 radical (unpaired) electrons. The van der Waals surface area contributed by atoms with Gasteiger partial charge in [0, 0.05) is 30.7 Å². The van der Waals surface area contributed by atoms with E-state index in [9.17, 15) is 14.0 Å². The lowest BCUT2D eigenvalue weighted by molar-refractivity contribution is -0.134. The van der Waals surface area contributed by atoms with Gasteiger partial charge >= 0.3 is 0 Å². The Balaban J connectivity index is 1.27. The molecule has 0 bridgehead atoms. The second-order valence-corrected chi connectivity index (χ2v) is 8.07. The molecule has 2 saturated heterocycles. The van der Waals surface area contributed by atoms with Crippen molar-refractivity contribution in [2.45, 2.75) is 44.3 Å². The summed E-state index contributed by atoms with van der Waals surface area (Å²) in [5, 5.41) is 2.99. The van der Waals surface area contributed by atoms with Crippen LogP contribution in [-0.2, 0) is 4.79 Å². The highest BCUT2D eigenvalue weighted by Crippen LogP contribution is 2.26. The monoisotopic (exact) mass is 410 g/mol. The lowest BCUT2D eigenvalue weighted by Gasteiger charge is -2.33. The van der Waals surface area contributed by atoms with E-state index in [1.807, 2.05) is 17.0 Å². The van der Waals surface area contributed by atoms with E-state index in [-0.39, 0.29) is 35.8 Å². The van der Waals surface area contributed by atoms with Gasteiger partial charge in [0.25, 0.3) is 5.91 Å². The molecule has 3 N–H and O–H groups in total. The molecule has 0 saturated carbocycles. The van der Waals surface area contributed by atoms with Crippen LogP contribution >= 0.6 is 0 Å². The van der Waals surface area contributed by atoms with Gasteiger partial charge in [-0.3, -0.25) is 9.59 Å². The molecule has 2 fully saturated rings. The summed E-state index contributed by atoms with van der Waals surface area (Å²) in [5.74, 6) is -0.470. The Morgan fingerprint density at radius 3 is 2.43 bits per heavy atom. The molecular weight excluding hydrogens is 383 g/mol. The van der Waals surface area contributed by atoms with Gasteiger partial charge in [-0.1, -0.05) is 24.3 Å². The Labute approximate surface area is 175 Å². The molecule has 2 atom stereocenters. The van der Waals surface area contributed by atoms with Crippen molar-refractivity contribution < 1.29 is 14.0 Å². The first kappa shape index (κ1) is 20.5. The van der Waals surface area contributed by atoms with Crippen molar-refractivity contribution in [2.75, 3.05) is 13.1 Å². The maximum atomic E-state index is 13.0. The van der Waals surface area contributed by atoms with Crippen LogP contribution in [0.25, 0.3) is 0 Å². The zero-order valence-corrected chi connectivity index (χ0v) is 17.0. The van der Waals surface area contributed by atoms with E-state index >= 15 is 0 Å². The quantitative estimate of drug-likeness (QED) is 0.724. The Bertz CT molecular complexity index is 910. The molecule has 2 heterocycles. The van der Waals surface area contributed by atoms with Gasteiger partial charge < -0.3 is 10.2 Å². The van der Waals surface area contributed by atoms with E-state index < -0.39 is 0 Å². The molecule has 2 amide bonds. The van der Waals surface area contributed by atoms with E-state index in [1.165, 1.54) is 35.4 Å². The van der Waals surface area contributed by atoms with Crippen LogP contribution in [-0.4, -0.2) is 41.9 Å². The molecule has 2 unspecified atom stereocenters. The smallest absolute Gasteiger partial charge is 0.251 e. The van der Waals surface area contributed by atoms with Gasteiger partial charge in [0.05, 0.1) is 0 Å². The van der Waals surface area contributed by atoms with Crippen LogP contribution in [0, 0.1) is 12.7 Å². The second-order valence-electron chi connectivity index (χ2n) is 8.07. The SMILES string of the molecule is Cc1ccccc1C1CC(C(=O)N2CCC(NC(=O)c3ccc(F)cc3)CC2)NN1. The van der Waals surface area contributed by atoms with Crippen molar-refractivity contribution in [3.05, 3.63) is 71.0 Å². The molecule has 6 nitrogen and oxygen atoms in total. The number of rotatable bonds is 4. The first-order valence-electron chi connectivity index (χ1n) is 10.4. The molecule has 30 heavy (non-hydrogen) atoms. The fourth-order valence-electron chi connectivity index (χ4n) is 4.23. The highest BCUT2D eigenvalue weighted by atomic mass is 19.1. The van der Waals surface area contributed by atoms with E-state index in [0.29, 0.717) is 37.9 Å². The number of halogens is 1. The van der Waals surface area contributed by atoms with Gasteiger partial charge in [0.2, 0.25) is 5.91 Å². The summed E-state index contributed by atoms with van der Waals surface area (Å²) in [6, 6.07) is 13.6. The van der Waals surface area contributed by atoms with Crippen molar-refractivity contribution in [3.8, 4) is 0 Å². The van der Waals surface area contributed by atoms with Crippen molar-refractivity contribution in [2.24, 2.45) is 0 Å². The van der Waals surface area contributed by atoms with Crippen LogP contribution in [0.1, 0.15) is 46.8 Å². The van der Waals surface area contributed by atoms with Crippen LogP contribution < -0.4 is 16.2 Å². The third-order valence-electron chi connectivity index (χ3n) is 6.01. The summed E-state index contributed by atoms with van der Waals surface area (Å²) >= 11 is 0. The normalized spacial score (nSPS) is 22.1. The molecule has 158 valence electrons. The van der Waals surface area contributed by atoms with Crippen molar-refractivity contribution in [1.82, 2.24) is 21.1 Å². The number of benzene rings is 2. The topological polar surface area (TPSA) is 73.5 Å². The number of hydrazine groups is 1. The Morgan fingerprint density at radius 2 is 1.73 bits per heavy atom. The van der Waals surface area contributed by atoms with Crippen LogP contribution in [0.5, 0.6) is 0 Å². The molecule has 2 aliphatic rings. The average Bonchev–Trinajstić information content (AvgIpc) is 3.24. The Kier molecular flexibility index (Phi) is 6.11. The number of nitrogens with one attached hydrogen (secondary N) is 3. The number of hydrogen-bond acceptors (Lipinski definition) is 4. The van der Waals surface area contributed by atoms with Crippen LogP contribution in [0.4, 0.5) is 4.39 Å². The van der Waals surface area contributed by atoms with E-state index in [1.54, 1.807) is 0 Å². The summed E-state index contributed by atoms with van der Waals surface area (Å²) in [5.41, 5.74) is 9.28. The number of hydrogen-bond donors (Lipinski definition) is 3. The summed E-state index contributed by atoms with van der Waals surface area (Å²) < 4.78 is 13.0. The van der Waals surface area contributed by atoms with Crippen LogP contribution in [0.3, 0.4) is 0 Å². The van der Waals surface area contributed by atoms with Crippen molar-refractivity contribution >= 4 is 11.8 Å². The van der Waals surface area contributed by atoms with Gasteiger partial charge in [-0.05, 0) is 61.6 Å². The molecule has 0 aromatic heterocycles. The number of nitrogens with zero attached hydrogens (tertiary/aromatic N) is 1. The molecule has 0 spiro atoms. The molecule has 4 rings (SSSR count). The number of carbonyl (C=O) groups excluding carboxylic acids is 2. The lowest BCUT2D eigenvalue weighted by Crippen LogP contribution is -2.51. The maximum Gasteiger partial charge on any atom is 0.251 e. The predicted octanol–water partition coefficient (Wildman–Crippen LogP) is 2.46. The Morgan fingerprint density at radius 1 is 1.03 bits per heavy atom. The summed E-state index contributed by atoms with van der Waals surface area (Å²) in [7, 11) is 0. The average molecular weight is 410 g/mol. The van der Waals surface area contributed by atoms with Crippen molar-refractivity contribution in [1.29, 1.82) is 0 Å². The van der Waals surface area contributed by atoms with Crippen LogP contribution in [0.2, 0.25) is 0 Å². The van der Waals surface area contributed by atoms with E-state index in [4.69, 9.17) is 0 Å². The second kappa shape index (κ2) is 8.93. The van der Waals surface area contributed by atoms with Crippen molar-refractivity contribution in [3.63, 3.8) is 0 Å². The predicted molar refractivity (Wildman–Crippen MR) is 112 cm³/mol. The minimum Gasteiger partial charge on any atom is -0.349 e. The van der Waals surface area contributed by atoms with Gasteiger partial charge in [-0.25, -0.2) is 15.2 Å². The number of amides is 2. The third kappa shape index (κ3) is 4.52. The van der Waals surface area contributed by atoms with Gasteiger partial charge in [0.1, 0.15) is 11.9 Å². The summed E-state index contributed by atoms with van der Waals surface area (Å²) in [6.45, 7) is 3.30. The Hall–Kier alpha value is -2.77. The third-order valence-corrected chi connectivity index (χ3v) is 6.01. The lowest BCUT2D eigenvalue weighted by atomic mass is 9.97.